The SMILES string of the molecule is ClCC1=CSC2=NC(CCc3ccccc3)CN12. The summed E-state index contributed by atoms with van der Waals surface area (Å²) in [4.78, 5) is 7.02. The molecule has 18 heavy (non-hydrogen) atoms. The van der Waals surface area contributed by atoms with Crippen molar-refractivity contribution in [3.63, 3.8) is 0 Å². The predicted octanol–water partition coefficient (Wildman–Crippen LogP) is 3.49. The van der Waals surface area contributed by atoms with Crippen molar-refractivity contribution in [1.82, 2.24) is 4.90 Å². The second kappa shape index (κ2) is 5.37. The van der Waals surface area contributed by atoms with Gasteiger partial charge in [-0.15, -0.1) is 11.6 Å². The van der Waals surface area contributed by atoms with E-state index in [0.717, 1.165) is 24.6 Å². The molecule has 0 spiro atoms. The smallest absolute Gasteiger partial charge is 0.168 e. The Kier molecular flexibility index (Phi) is 3.62. The topological polar surface area (TPSA) is 15.6 Å². The number of aliphatic imine (C=N–C) groups is 1. The molecule has 3 rings (SSSR count). The van der Waals surface area contributed by atoms with Gasteiger partial charge in [0, 0.05) is 12.2 Å². The number of hydrogen-bond donors (Lipinski definition) is 0. The minimum atomic E-state index is 0.416. The second-order valence-electron chi connectivity index (χ2n) is 4.56. The number of rotatable bonds is 4. The van der Waals surface area contributed by atoms with Crippen molar-refractivity contribution >= 4 is 28.5 Å². The molecule has 2 aliphatic rings. The Morgan fingerprint density at radius 3 is 2.94 bits per heavy atom. The normalized spacial score (nSPS) is 21.8. The first-order chi connectivity index (χ1) is 8.86. The number of nitrogens with zero attached hydrogens (tertiary/aromatic N) is 2. The first-order valence-corrected chi connectivity index (χ1v) is 7.59. The molecular formula is C14H15ClN2S. The van der Waals surface area contributed by atoms with Crippen molar-refractivity contribution in [2.24, 2.45) is 4.99 Å². The van der Waals surface area contributed by atoms with Crippen molar-refractivity contribution in [1.29, 1.82) is 0 Å². The molecule has 0 radical (unpaired) electrons. The van der Waals surface area contributed by atoms with Crippen LogP contribution < -0.4 is 0 Å². The fourth-order valence-electron chi connectivity index (χ4n) is 2.31. The van der Waals surface area contributed by atoms with Crippen LogP contribution in [0.4, 0.5) is 0 Å². The summed E-state index contributed by atoms with van der Waals surface area (Å²) in [5.41, 5.74) is 2.59. The average Bonchev–Trinajstić information content (AvgIpc) is 2.97. The largest absolute Gasteiger partial charge is 0.321 e. The van der Waals surface area contributed by atoms with Gasteiger partial charge in [0.1, 0.15) is 0 Å². The number of halogens is 1. The number of amidine groups is 1. The third-order valence-electron chi connectivity index (χ3n) is 3.31. The van der Waals surface area contributed by atoms with Gasteiger partial charge in [-0.3, -0.25) is 4.99 Å². The molecule has 0 aromatic heterocycles. The quantitative estimate of drug-likeness (QED) is 0.784. The number of benzene rings is 1. The van der Waals surface area contributed by atoms with Gasteiger partial charge in [0.05, 0.1) is 11.9 Å². The molecule has 4 heteroatoms. The molecule has 1 aromatic carbocycles. The monoisotopic (exact) mass is 278 g/mol. The molecule has 1 atom stereocenters. The van der Waals surface area contributed by atoms with E-state index in [1.54, 1.807) is 11.8 Å². The summed E-state index contributed by atoms with van der Waals surface area (Å²) in [5.74, 6) is 0.581. The Morgan fingerprint density at radius 1 is 1.33 bits per heavy atom. The predicted molar refractivity (Wildman–Crippen MR) is 79.1 cm³/mol. The van der Waals surface area contributed by atoms with Crippen LogP contribution in [0.2, 0.25) is 0 Å². The zero-order chi connectivity index (χ0) is 12.4. The van der Waals surface area contributed by atoms with Gasteiger partial charge in [-0.2, -0.15) is 0 Å². The molecule has 0 bridgehead atoms. The van der Waals surface area contributed by atoms with Gasteiger partial charge < -0.3 is 4.90 Å². The zero-order valence-electron chi connectivity index (χ0n) is 10.1. The number of fused-ring (bicyclic) bond motifs is 1. The number of allylic oxidation sites excluding steroid dienone is 1. The van der Waals surface area contributed by atoms with Crippen LogP contribution in [-0.4, -0.2) is 28.5 Å². The summed E-state index contributed by atoms with van der Waals surface area (Å²) in [6, 6.07) is 11.0. The summed E-state index contributed by atoms with van der Waals surface area (Å²) in [6.45, 7) is 0.994. The van der Waals surface area contributed by atoms with Crippen LogP contribution in [0.25, 0.3) is 0 Å². The standard InChI is InChI=1S/C14H15ClN2S/c15-8-13-10-18-14-16-12(9-17(13)14)7-6-11-4-2-1-3-5-11/h1-5,10,12H,6-9H2. The molecule has 0 N–H and O–H groups in total. The van der Waals surface area contributed by atoms with Crippen LogP contribution in [0.1, 0.15) is 12.0 Å². The lowest BCUT2D eigenvalue weighted by Gasteiger charge is -2.16. The van der Waals surface area contributed by atoms with Gasteiger partial charge in [-0.25, -0.2) is 0 Å². The fourth-order valence-corrected chi connectivity index (χ4v) is 3.61. The summed E-state index contributed by atoms with van der Waals surface area (Å²) in [6.07, 6.45) is 2.21. The van der Waals surface area contributed by atoms with E-state index in [1.807, 2.05) is 0 Å². The summed E-state index contributed by atoms with van der Waals surface area (Å²) in [7, 11) is 0. The highest BCUT2D eigenvalue weighted by atomic mass is 35.5. The molecule has 0 fully saturated rings. The molecule has 2 aliphatic heterocycles. The van der Waals surface area contributed by atoms with Crippen molar-refractivity contribution in [3.8, 4) is 0 Å². The molecule has 0 saturated carbocycles. The highest BCUT2D eigenvalue weighted by Gasteiger charge is 2.30. The van der Waals surface area contributed by atoms with E-state index in [4.69, 9.17) is 16.6 Å². The van der Waals surface area contributed by atoms with Crippen molar-refractivity contribution in [2.45, 2.75) is 18.9 Å². The van der Waals surface area contributed by atoms with E-state index in [0.29, 0.717) is 11.9 Å². The Labute approximate surface area is 117 Å². The zero-order valence-corrected chi connectivity index (χ0v) is 11.6. The van der Waals surface area contributed by atoms with Crippen LogP contribution in [-0.2, 0) is 6.42 Å². The number of aryl methyl sites for hydroxylation is 1. The van der Waals surface area contributed by atoms with Crippen molar-refractivity contribution in [2.75, 3.05) is 12.4 Å². The number of hydrogen-bond acceptors (Lipinski definition) is 3. The lowest BCUT2D eigenvalue weighted by molar-refractivity contribution is 0.495. The lowest BCUT2D eigenvalue weighted by Crippen LogP contribution is -2.24. The summed E-state index contributed by atoms with van der Waals surface area (Å²) >= 11 is 7.62. The van der Waals surface area contributed by atoms with Crippen LogP contribution >= 0.6 is 23.4 Å². The molecule has 1 unspecified atom stereocenters. The molecule has 2 heterocycles. The summed E-state index contributed by atoms with van der Waals surface area (Å²) < 4.78 is 0. The highest BCUT2D eigenvalue weighted by Crippen LogP contribution is 2.32. The first kappa shape index (κ1) is 12.1. The average molecular weight is 279 g/mol. The molecule has 0 amide bonds. The van der Waals surface area contributed by atoms with E-state index in [2.05, 4.69) is 40.6 Å². The van der Waals surface area contributed by atoms with Gasteiger partial charge in [-0.1, -0.05) is 42.1 Å². The summed E-state index contributed by atoms with van der Waals surface area (Å²) in [5, 5.41) is 3.24. The minimum Gasteiger partial charge on any atom is -0.321 e. The Hall–Kier alpha value is -0.930. The minimum absolute atomic E-state index is 0.416. The van der Waals surface area contributed by atoms with Gasteiger partial charge in [-0.05, 0) is 23.8 Å². The van der Waals surface area contributed by atoms with Crippen LogP contribution in [0.15, 0.2) is 46.4 Å². The van der Waals surface area contributed by atoms with Crippen LogP contribution in [0.3, 0.4) is 0 Å². The molecule has 1 aromatic rings. The highest BCUT2D eigenvalue weighted by molar-refractivity contribution is 8.16. The van der Waals surface area contributed by atoms with Crippen LogP contribution in [0, 0.1) is 0 Å². The third kappa shape index (κ3) is 2.43. The molecule has 0 aliphatic carbocycles. The second-order valence-corrected chi connectivity index (χ2v) is 5.66. The third-order valence-corrected chi connectivity index (χ3v) is 4.51. The van der Waals surface area contributed by atoms with E-state index >= 15 is 0 Å². The molecule has 2 nitrogen and oxygen atoms in total. The van der Waals surface area contributed by atoms with Gasteiger partial charge in [0.25, 0.3) is 0 Å². The van der Waals surface area contributed by atoms with Gasteiger partial charge in [0.2, 0.25) is 0 Å². The maximum atomic E-state index is 5.92. The number of alkyl halides is 1. The Bertz CT molecular complexity index is 484. The van der Waals surface area contributed by atoms with E-state index in [-0.39, 0.29) is 0 Å². The maximum absolute atomic E-state index is 5.92. The lowest BCUT2D eigenvalue weighted by atomic mass is 10.1. The number of thioether (sulfide) groups is 1. The van der Waals surface area contributed by atoms with Gasteiger partial charge in [0.15, 0.2) is 5.17 Å². The van der Waals surface area contributed by atoms with Crippen molar-refractivity contribution < 1.29 is 0 Å². The van der Waals surface area contributed by atoms with E-state index < -0.39 is 0 Å². The molecule has 94 valence electrons. The fraction of sp³-hybridized carbons (Fsp3) is 0.357. The Morgan fingerprint density at radius 2 is 2.17 bits per heavy atom. The maximum Gasteiger partial charge on any atom is 0.168 e. The van der Waals surface area contributed by atoms with Gasteiger partial charge >= 0.3 is 0 Å². The van der Waals surface area contributed by atoms with E-state index in [9.17, 15) is 0 Å². The van der Waals surface area contributed by atoms with Crippen molar-refractivity contribution in [3.05, 3.63) is 47.0 Å². The molecule has 0 saturated heterocycles. The Balaban J connectivity index is 1.57. The first-order valence-electron chi connectivity index (χ1n) is 6.18. The molecular weight excluding hydrogens is 264 g/mol. The van der Waals surface area contributed by atoms with E-state index in [1.165, 1.54) is 11.3 Å². The van der Waals surface area contributed by atoms with Crippen LogP contribution in [0.5, 0.6) is 0 Å².